The van der Waals surface area contributed by atoms with Crippen LogP contribution in [0, 0.1) is 0 Å². The summed E-state index contributed by atoms with van der Waals surface area (Å²) in [6.07, 6.45) is 1.51. The average molecular weight is 459 g/mol. The molecule has 0 unspecified atom stereocenters. The number of methoxy groups -OCH3 is 2. The molecule has 0 aliphatic heterocycles. The van der Waals surface area contributed by atoms with Gasteiger partial charge in [-0.3, -0.25) is 4.79 Å². The van der Waals surface area contributed by atoms with Crippen LogP contribution in [0.2, 0.25) is 10.0 Å². The van der Waals surface area contributed by atoms with Crippen molar-refractivity contribution in [3.05, 3.63) is 87.4 Å². The van der Waals surface area contributed by atoms with E-state index in [1.165, 1.54) is 6.21 Å². The minimum atomic E-state index is -0.345. The number of carbonyl (C=O) groups is 1. The summed E-state index contributed by atoms with van der Waals surface area (Å²) >= 11 is 12.1. The monoisotopic (exact) mass is 458 g/mol. The molecule has 1 N–H and O–H groups in total. The summed E-state index contributed by atoms with van der Waals surface area (Å²) in [5.74, 6) is 1.32. The molecule has 6 nitrogen and oxygen atoms in total. The van der Waals surface area contributed by atoms with E-state index in [1.54, 1.807) is 68.8 Å². The summed E-state index contributed by atoms with van der Waals surface area (Å²) < 4.78 is 16.4. The Labute approximate surface area is 190 Å². The summed E-state index contributed by atoms with van der Waals surface area (Å²) in [5.41, 5.74) is 4.46. The number of nitrogens with one attached hydrogen (secondary N) is 1. The van der Waals surface area contributed by atoms with Gasteiger partial charge in [0.15, 0.2) is 11.5 Å². The second-order valence-corrected chi connectivity index (χ2v) is 7.21. The molecule has 0 spiro atoms. The lowest BCUT2D eigenvalue weighted by Gasteiger charge is -2.12. The number of halogens is 2. The smallest absolute Gasteiger partial charge is 0.271 e. The second-order valence-electron chi connectivity index (χ2n) is 6.37. The Morgan fingerprint density at radius 2 is 1.84 bits per heavy atom. The molecule has 0 aromatic heterocycles. The Morgan fingerprint density at radius 3 is 2.58 bits per heavy atom. The molecule has 0 atom stereocenters. The number of rotatable bonds is 8. The molecule has 31 heavy (non-hydrogen) atoms. The predicted molar refractivity (Wildman–Crippen MR) is 122 cm³/mol. The number of nitrogens with zero attached hydrogens (tertiary/aromatic N) is 1. The molecule has 3 rings (SSSR count). The van der Waals surface area contributed by atoms with Crippen LogP contribution in [-0.2, 0) is 6.61 Å². The minimum absolute atomic E-state index is 0.260. The largest absolute Gasteiger partial charge is 0.497 e. The van der Waals surface area contributed by atoms with Crippen LogP contribution in [0.4, 0.5) is 0 Å². The zero-order chi connectivity index (χ0) is 22.2. The van der Waals surface area contributed by atoms with E-state index < -0.39 is 0 Å². The minimum Gasteiger partial charge on any atom is -0.497 e. The first-order valence-electron chi connectivity index (χ1n) is 9.22. The van der Waals surface area contributed by atoms with E-state index in [0.717, 1.165) is 11.1 Å². The molecule has 0 fully saturated rings. The molecule has 3 aromatic carbocycles. The molecule has 3 aromatic rings. The van der Waals surface area contributed by atoms with Gasteiger partial charge in [0, 0.05) is 21.2 Å². The van der Waals surface area contributed by atoms with Crippen molar-refractivity contribution < 1.29 is 19.0 Å². The van der Waals surface area contributed by atoms with Gasteiger partial charge in [0.05, 0.1) is 20.4 Å². The van der Waals surface area contributed by atoms with E-state index in [2.05, 4.69) is 10.5 Å². The maximum Gasteiger partial charge on any atom is 0.271 e. The maximum absolute atomic E-state index is 12.2. The first-order chi connectivity index (χ1) is 15.0. The van der Waals surface area contributed by atoms with Crippen LogP contribution in [0.3, 0.4) is 0 Å². The normalized spacial score (nSPS) is 10.7. The maximum atomic E-state index is 12.2. The lowest BCUT2D eigenvalue weighted by molar-refractivity contribution is 0.0955. The van der Waals surface area contributed by atoms with Crippen LogP contribution in [0.15, 0.2) is 65.8 Å². The van der Waals surface area contributed by atoms with Gasteiger partial charge in [0.25, 0.3) is 5.91 Å². The third-order valence-electron chi connectivity index (χ3n) is 4.30. The zero-order valence-corrected chi connectivity index (χ0v) is 18.4. The highest BCUT2D eigenvalue weighted by atomic mass is 35.5. The number of hydrazone groups is 1. The number of carbonyl (C=O) groups excluding carboxylic acids is 1. The number of amides is 1. The number of hydrogen-bond donors (Lipinski definition) is 1. The number of hydrogen-bond acceptors (Lipinski definition) is 5. The fourth-order valence-electron chi connectivity index (χ4n) is 2.67. The topological polar surface area (TPSA) is 69.2 Å². The van der Waals surface area contributed by atoms with E-state index in [4.69, 9.17) is 37.4 Å². The summed E-state index contributed by atoms with van der Waals surface area (Å²) in [7, 11) is 3.09. The molecule has 0 radical (unpaired) electrons. The van der Waals surface area contributed by atoms with Crippen molar-refractivity contribution in [2.75, 3.05) is 14.2 Å². The fraction of sp³-hybridized carbons (Fsp3) is 0.130. The summed E-state index contributed by atoms with van der Waals surface area (Å²) in [6, 6.07) is 17.3. The van der Waals surface area contributed by atoms with Crippen molar-refractivity contribution in [2.45, 2.75) is 6.61 Å². The van der Waals surface area contributed by atoms with E-state index in [9.17, 15) is 4.79 Å². The Bertz CT molecular complexity index is 1100. The Kier molecular flexibility index (Phi) is 7.76. The molecular weight excluding hydrogens is 439 g/mol. The Hall–Kier alpha value is -3.22. The molecule has 0 saturated carbocycles. The quantitative estimate of drug-likeness (QED) is 0.364. The molecule has 0 saturated heterocycles. The van der Waals surface area contributed by atoms with Crippen LogP contribution in [0.1, 0.15) is 21.5 Å². The van der Waals surface area contributed by atoms with Crippen molar-refractivity contribution in [1.82, 2.24) is 5.43 Å². The SMILES string of the molecule is COc1cccc(C(=O)N/N=C/c2ccc(OCc3ccc(Cl)cc3Cl)c(OC)c2)c1. The molecule has 0 aliphatic rings. The summed E-state index contributed by atoms with van der Waals surface area (Å²) in [4.78, 5) is 12.2. The predicted octanol–water partition coefficient (Wildman–Crippen LogP) is 5.35. The van der Waals surface area contributed by atoms with Gasteiger partial charge in [-0.05, 0) is 54.1 Å². The van der Waals surface area contributed by atoms with Crippen molar-refractivity contribution in [2.24, 2.45) is 5.10 Å². The van der Waals surface area contributed by atoms with Crippen molar-refractivity contribution in [3.8, 4) is 17.2 Å². The van der Waals surface area contributed by atoms with Gasteiger partial charge >= 0.3 is 0 Å². The Balaban J connectivity index is 1.64. The van der Waals surface area contributed by atoms with Crippen molar-refractivity contribution in [1.29, 1.82) is 0 Å². The fourth-order valence-corrected chi connectivity index (χ4v) is 3.14. The zero-order valence-electron chi connectivity index (χ0n) is 16.9. The van der Waals surface area contributed by atoms with Crippen LogP contribution in [0.5, 0.6) is 17.2 Å². The number of ether oxygens (including phenoxy) is 3. The second kappa shape index (κ2) is 10.7. The third kappa shape index (κ3) is 6.13. The molecule has 8 heteroatoms. The average Bonchev–Trinajstić information content (AvgIpc) is 2.78. The van der Waals surface area contributed by atoms with E-state index in [-0.39, 0.29) is 12.5 Å². The van der Waals surface area contributed by atoms with Gasteiger partial charge < -0.3 is 14.2 Å². The molecule has 0 bridgehead atoms. The van der Waals surface area contributed by atoms with E-state index >= 15 is 0 Å². The molecule has 0 aliphatic carbocycles. The molecule has 0 heterocycles. The number of benzene rings is 3. The van der Waals surface area contributed by atoms with Crippen LogP contribution >= 0.6 is 23.2 Å². The Morgan fingerprint density at radius 1 is 1.00 bits per heavy atom. The van der Waals surface area contributed by atoms with Gasteiger partial charge in [-0.15, -0.1) is 0 Å². The highest BCUT2D eigenvalue weighted by molar-refractivity contribution is 6.35. The van der Waals surface area contributed by atoms with Gasteiger partial charge in [-0.25, -0.2) is 5.43 Å². The lowest BCUT2D eigenvalue weighted by atomic mass is 10.2. The van der Waals surface area contributed by atoms with Gasteiger partial charge in [0.1, 0.15) is 12.4 Å². The van der Waals surface area contributed by atoms with Crippen molar-refractivity contribution >= 4 is 35.3 Å². The highest BCUT2D eigenvalue weighted by Crippen LogP contribution is 2.29. The standard InChI is InChI=1S/C23H20Cl2N2O4/c1-29-19-5-3-4-16(11-19)23(28)27-26-13-15-6-9-21(22(10-15)30-2)31-14-17-7-8-18(24)12-20(17)25/h3-13H,14H2,1-2H3,(H,27,28)/b26-13+. The summed E-state index contributed by atoms with van der Waals surface area (Å²) in [5, 5.41) is 5.09. The third-order valence-corrected chi connectivity index (χ3v) is 4.88. The van der Waals surface area contributed by atoms with Crippen LogP contribution in [0.25, 0.3) is 0 Å². The van der Waals surface area contributed by atoms with Crippen LogP contribution < -0.4 is 19.6 Å². The summed E-state index contributed by atoms with van der Waals surface area (Å²) in [6.45, 7) is 0.260. The van der Waals surface area contributed by atoms with E-state index in [1.807, 2.05) is 6.07 Å². The van der Waals surface area contributed by atoms with Gasteiger partial charge in [-0.2, -0.15) is 5.10 Å². The molecular formula is C23H20Cl2N2O4. The van der Waals surface area contributed by atoms with Gasteiger partial charge in [0.2, 0.25) is 0 Å². The van der Waals surface area contributed by atoms with E-state index in [0.29, 0.717) is 32.9 Å². The highest BCUT2D eigenvalue weighted by Gasteiger charge is 2.09. The molecule has 160 valence electrons. The lowest BCUT2D eigenvalue weighted by Crippen LogP contribution is -2.17. The molecule has 1 amide bonds. The first-order valence-corrected chi connectivity index (χ1v) is 9.98. The van der Waals surface area contributed by atoms with Crippen molar-refractivity contribution in [3.63, 3.8) is 0 Å². The van der Waals surface area contributed by atoms with Crippen LogP contribution in [-0.4, -0.2) is 26.3 Å². The van der Waals surface area contributed by atoms with Gasteiger partial charge in [-0.1, -0.05) is 35.3 Å². The first kappa shape index (κ1) is 22.5.